The molecule has 1 amide bonds. The van der Waals surface area contributed by atoms with E-state index in [-0.39, 0.29) is 25.6 Å². The van der Waals surface area contributed by atoms with Crippen molar-refractivity contribution in [2.45, 2.75) is 12.5 Å². The Kier molecular flexibility index (Phi) is 5.30. The Bertz CT molecular complexity index is 517. The number of amides is 1. The molecule has 1 aliphatic rings. The van der Waals surface area contributed by atoms with Gasteiger partial charge in [-0.1, -0.05) is 24.3 Å². The second-order valence-electron chi connectivity index (χ2n) is 4.85. The maximum atomic E-state index is 12.6. The van der Waals surface area contributed by atoms with E-state index >= 15 is 0 Å². The summed E-state index contributed by atoms with van der Waals surface area (Å²) in [7, 11) is 1.51. The lowest BCUT2D eigenvalue weighted by atomic mass is 9.97. The van der Waals surface area contributed by atoms with Gasteiger partial charge in [0.05, 0.1) is 13.2 Å². The van der Waals surface area contributed by atoms with Crippen LogP contribution in [-0.4, -0.2) is 55.3 Å². The summed E-state index contributed by atoms with van der Waals surface area (Å²) in [5, 5.41) is 8.95. The third-order valence-corrected chi connectivity index (χ3v) is 3.42. The van der Waals surface area contributed by atoms with E-state index in [1.165, 1.54) is 12.0 Å². The molecular formula is C15H19NO5. The van der Waals surface area contributed by atoms with Crippen molar-refractivity contribution < 1.29 is 24.2 Å². The number of ether oxygens (including phenoxy) is 2. The standard InChI is InChI=1S/C15H19NO5/c1-20-9-7-16(10-13(17)18)15(19)14-12-5-3-2-4-11(12)6-8-21-14/h2-5,14H,6-10H2,1H3,(H,17,18). The van der Waals surface area contributed by atoms with Crippen LogP contribution in [0.5, 0.6) is 0 Å². The number of benzene rings is 1. The van der Waals surface area contributed by atoms with Gasteiger partial charge in [0, 0.05) is 13.7 Å². The minimum Gasteiger partial charge on any atom is -0.480 e. The third-order valence-electron chi connectivity index (χ3n) is 3.42. The van der Waals surface area contributed by atoms with Gasteiger partial charge in [-0.3, -0.25) is 9.59 Å². The highest BCUT2D eigenvalue weighted by molar-refractivity contribution is 5.86. The number of carbonyl (C=O) groups is 2. The molecule has 0 bridgehead atoms. The van der Waals surface area contributed by atoms with Crippen LogP contribution in [0.2, 0.25) is 0 Å². The molecule has 1 aromatic carbocycles. The van der Waals surface area contributed by atoms with Crippen LogP contribution in [0.15, 0.2) is 24.3 Å². The Morgan fingerprint density at radius 1 is 1.43 bits per heavy atom. The summed E-state index contributed by atoms with van der Waals surface area (Å²) in [6.07, 6.45) is 0.0305. The fourth-order valence-corrected chi connectivity index (χ4v) is 2.40. The van der Waals surface area contributed by atoms with Crippen molar-refractivity contribution >= 4 is 11.9 Å². The van der Waals surface area contributed by atoms with E-state index < -0.39 is 12.1 Å². The highest BCUT2D eigenvalue weighted by Crippen LogP contribution is 2.28. The predicted molar refractivity (Wildman–Crippen MR) is 74.9 cm³/mol. The molecule has 1 heterocycles. The number of aliphatic carboxylic acids is 1. The lowest BCUT2D eigenvalue weighted by molar-refractivity contribution is -0.152. The fourth-order valence-electron chi connectivity index (χ4n) is 2.40. The van der Waals surface area contributed by atoms with E-state index in [0.717, 1.165) is 17.5 Å². The summed E-state index contributed by atoms with van der Waals surface area (Å²) in [4.78, 5) is 24.8. The Morgan fingerprint density at radius 2 is 2.19 bits per heavy atom. The van der Waals surface area contributed by atoms with Gasteiger partial charge >= 0.3 is 5.97 Å². The molecule has 114 valence electrons. The van der Waals surface area contributed by atoms with Crippen molar-refractivity contribution in [2.75, 3.05) is 33.4 Å². The van der Waals surface area contributed by atoms with Crippen LogP contribution in [0.25, 0.3) is 0 Å². The molecule has 1 unspecified atom stereocenters. The van der Waals surface area contributed by atoms with Crippen LogP contribution < -0.4 is 0 Å². The first-order chi connectivity index (χ1) is 10.1. The van der Waals surface area contributed by atoms with Crippen molar-refractivity contribution in [1.29, 1.82) is 0 Å². The highest BCUT2D eigenvalue weighted by Gasteiger charge is 2.31. The molecule has 2 rings (SSSR count). The molecule has 1 atom stereocenters. The first-order valence-corrected chi connectivity index (χ1v) is 6.82. The number of fused-ring (bicyclic) bond motifs is 1. The van der Waals surface area contributed by atoms with E-state index in [0.29, 0.717) is 6.61 Å². The van der Waals surface area contributed by atoms with Crippen LogP contribution in [0, 0.1) is 0 Å². The van der Waals surface area contributed by atoms with Gasteiger partial charge in [0.2, 0.25) is 0 Å². The van der Waals surface area contributed by atoms with Crippen molar-refractivity contribution in [3.63, 3.8) is 0 Å². The second-order valence-corrected chi connectivity index (χ2v) is 4.85. The minimum absolute atomic E-state index is 0.226. The van der Waals surface area contributed by atoms with Crippen LogP contribution >= 0.6 is 0 Å². The van der Waals surface area contributed by atoms with Gasteiger partial charge in [-0.25, -0.2) is 0 Å². The molecular weight excluding hydrogens is 274 g/mol. The number of carboxylic acid groups (broad SMARTS) is 1. The van der Waals surface area contributed by atoms with Crippen LogP contribution in [0.1, 0.15) is 17.2 Å². The van der Waals surface area contributed by atoms with Crippen molar-refractivity contribution in [1.82, 2.24) is 4.90 Å². The molecule has 21 heavy (non-hydrogen) atoms. The molecule has 0 aliphatic carbocycles. The zero-order valence-electron chi connectivity index (χ0n) is 11.9. The quantitative estimate of drug-likeness (QED) is 0.842. The number of nitrogens with zero attached hydrogens (tertiary/aromatic N) is 1. The number of hydrogen-bond donors (Lipinski definition) is 1. The van der Waals surface area contributed by atoms with E-state index in [1.807, 2.05) is 24.3 Å². The molecule has 0 spiro atoms. The number of methoxy groups -OCH3 is 1. The number of carbonyl (C=O) groups excluding carboxylic acids is 1. The Hall–Kier alpha value is -1.92. The molecule has 0 saturated carbocycles. The zero-order valence-corrected chi connectivity index (χ0v) is 11.9. The molecule has 0 fully saturated rings. The molecule has 6 nitrogen and oxygen atoms in total. The van der Waals surface area contributed by atoms with Gasteiger partial charge in [-0.05, 0) is 17.5 Å². The lowest BCUT2D eigenvalue weighted by Gasteiger charge is -2.30. The monoisotopic (exact) mass is 293 g/mol. The largest absolute Gasteiger partial charge is 0.480 e. The van der Waals surface area contributed by atoms with E-state index in [2.05, 4.69) is 0 Å². The maximum Gasteiger partial charge on any atom is 0.323 e. The summed E-state index contributed by atoms with van der Waals surface area (Å²) in [5.41, 5.74) is 1.89. The van der Waals surface area contributed by atoms with E-state index in [4.69, 9.17) is 14.6 Å². The van der Waals surface area contributed by atoms with Gasteiger partial charge in [-0.15, -0.1) is 0 Å². The normalized spacial score (nSPS) is 17.1. The van der Waals surface area contributed by atoms with Crippen LogP contribution in [0.3, 0.4) is 0 Å². The Labute approximate surface area is 123 Å². The first-order valence-electron chi connectivity index (χ1n) is 6.82. The predicted octanol–water partition coefficient (Wildman–Crippen LogP) is 0.860. The van der Waals surface area contributed by atoms with Crippen LogP contribution in [0.4, 0.5) is 0 Å². The van der Waals surface area contributed by atoms with Gasteiger partial charge in [0.25, 0.3) is 5.91 Å². The molecule has 0 radical (unpaired) electrons. The van der Waals surface area contributed by atoms with Crippen molar-refractivity contribution in [2.24, 2.45) is 0 Å². The summed E-state index contributed by atoms with van der Waals surface area (Å²) < 4.78 is 10.5. The Morgan fingerprint density at radius 3 is 2.90 bits per heavy atom. The van der Waals surface area contributed by atoms with Crippen molar-refractivity contribution in [3.8, 4) is 0 Å². The lowest BCUT2D eigenvalue weighted by Crippen LogP contribution is -2.42. The zero-order chi connectivity index (χ0) is 15.2. The SMILES string of the molecule is COCCN(CC(=O)O)C(=O)C1OCCc2ccccc21. The molecule has 0 aromatic heterocycles. The summed E-state index contributed by atoms with van der Waals surface area (Å²) in [6, 6.07) is 7.59. The Balaban J connectivity index is 2.18. The first kappa shape index (κ1) is 15.5. The third kappa shape index (κ3) is 3.80. The van der Waals surface area contributed by atoms with E-state index in [1.54, 1.807) is 0 Å². The average Bonchev–Trinajstić information content (AvgIpc) is 2.50. The van der Waals surface area contributed by atoms with Gasteiger partial charge in [-0.2, -0.15) is 0 Å². The second kappa shape index (κ2) is 7.19. The van der Waals surface area contributed by atoms with Gasteiger partial charge in [0.15, 0.2) is 6.10 Å². The average molecular weight is 293 g/mol. The summed E-state index contributed by atoms with van der Waals surface area (Å²) in [5.74, 6) is -1.38. The molecule has 1 aromatic rings. The van der Waals surface area contributed by atoms with Gasteiger partial charge < -0.3 is 19.5 Å². The topological polar surface area (TPSA) is 76.1 Å². The number of carboxylic acids is 1. The highest BCUT2D eigenvalue weighted by atomic mass is 16.5. The molecule has 1 N–H and O–H groups in total. The van der Waals surface area contributed by atoms with E-state index in [9.17, 15) is 9.59 Å². The van der Waals surface area contributed by atoms with Crippen molar-refractivity contribution in [3.05, 3.63) is 35.4 Å². The maximum absolute atomic E-state index is 12.6. The number of hydrogen-bond acceptors (Lipinski definition) is 4. The molecule has 0 saturated heterocycles. The smallest absolute Gasteiger partial charge is 0.323 e. The molecule has 6 heteroatoms. The fraction of sp³-hybridized carbons (Fsp3) is 0.467. The molecule has 1 aliphatic heterocycles. The summed E-state index contributed by atoms with van der Waals surface area (Å²) >= 11 is 0. The minimum atomic E-state index is -1.05. The van der Waals surface area contributed by atoms with Crippen LogP contribution in [-0.2, 0) is 25.5 Å². The van der Waals surface area contributed by atoms with Gasteiger partial charge in [0.1, 0.15) is 6.54 Å². The number of rotatable bonds is 6. The summed E-state index contributed by atoms with van der Waals surface area (Å²) in [6.45, 7) is 0.611.